The van der Waals surface area contributed by atoms with Gasteiger partial charge in [-0.25, -0.2) is 0 Å². The Morgan fingerprint density at radius 2 is 2.00 bits per heavy atom. The second-order valence-corrected chi connectivity index (χ2v) is 3.32. The van der Waals surface area contributed by atoms with Gasteiger partial charge in [0.05, 0.1) is 18.0 Å². The average molecular weight is 253 g/mol. The zero-order valence-corrected chi connectivity index (χ0v) is 11.2. The highest BCUT2D eigenvalue weighted by molar-refractivity contribution is 5.74. The molecule has 18 heavy (non-hydrogen) atoms. The van der Waals surface area contributed by atoms with Crippen LogP contribution in [0.5, 0.6) is 0 Å². The van der Waals surface area contributed by atoms with Crippen LogP contribution in [0.25, 0.3) is 0 Å². The number of nitrogens with zero attached hydrogens (tertiary/aromatic N) is 1. The van der Waals surface area contributed by atoms with Crippen LogP contribution in [-0.4, -0.2) is 17.5 Å². The van der Waals surface area contributed by atoms with Crippen molar-refractivity contribution >= 4 is 11.7 Å². The van der Waals surface area contributed by atoms with Crippen molar-refractivity contribution in [3.05, 3.63) is 39.4 Å². The molecule has 1 aromatic carbocycles. The lowest BCUT2D eigenvalue weighted by Crippen LogP contribution is -2.09. The van der Waals surface area contributed by atoms with Crippen molar-refractivity contribution in [2.45, 2.75) is 34.1 Å². The van der Waals surface area contributed by atoms with Gasteiger partial charge in [0.1, 0.15) is 0 Å². The fraction of sp³-hybridized carbons (Fsp3) is 0.462. The molecule has 0 aliphatic carbocycles. The van der Waals surface area contributed by atoms with Gasteiger partial charge in [-0.1, -0.05) is 32.0 Å². The van der Waals surface area contributed by atoms with Gasteiger partial charge in [0.15, 0.2) is 0 Å². The van der Waals surface area contributed by atoms with Crippen LogP contribution in [0.15, 0.2) is 18.2 Å². The van der Waals surface area contributed by atoms with E-state index >= 15 is 0 Å². The van der Waals surface area contributed by atoms with Gasteiger partial charge in [0.25, 0.3) is 5.69 Å². The SMILES string of the molecule is CC.CCOC(=O)Cc1cccc(C)c1[N+](=O)[O-]. The topological polar surface area (TPSA) is 69.4 Å². The van der Waals surface area contributed by atoms with Gasteiger partial charge < -0.3 is 4.74 Å². The molecule has 0 aliphatic heterocycles. The molecule has 0 fully saturated rings. The molecular formula is C13H19NO4. The quantitative estimate of drug-likeness (QED) is 0.470. The van der Waals surface area contributed by atoms with Crippen LogP contribution in [0, 0.1) is 17.0 Å². The first-order valence-electron chi connectivity index (χ1n) is 5.94. The summed E-state index contributed by atoms with van der Waals surface area (Å²) in [6.45, 7) is 7.62. The van der Waals surface area contributed by atoms with E-state index < -0.39 is 10.9 Å². The van der Waals surface area contributed by atoms with E-state index in [4.69, 9.17) is 4.74 Å². The lowest BCUT2D eigenvalue weighted by atomic mass is 10.1. The third-order valence-corrected chi connectivity index (χ3v) is 2.14. The van der Waals surface area contributed by atoms with Crippen LogP contribution in [0.1, 0.15) is 31.9 Å². The highest BCUT2D eigenvalue weighted by Crippen LogP contribution is 2.23. The standard InChI is InChI=1S/C11H13NO4.C2H6/c1-3-16-10(13)7-9-6-4-5-8(2)11(9)12(14)15;1-2/h4-6H,3,7H2,1-2H3;1-2H3. The molecule has 0 unspecified atom stereocenters. The molecule has 5 nitrogen and oxygen atoms in total. The smallest absolute Gasteiger partial charge is 0.310 e. The van der Waals surface area contributed by atoms with Gasteiger partial charge in [0, 0.05) is 11.1 Å². The Bertz CT molecular complexity index is 415. The van der Waals surface area contributed by atoms with Crippen molar-refractivity contribution in [1.29, 1.82) is 0 Å². The fourth-order valence-electron chi connectivity index (χ4n) is 1.49. The first-order valence-corrected chi connectivity index (χ1v) is 5.94. The molecule has 0 saturated carbocycles. The average Bonchev–Trinajstić information content (AvgIpc) is 2.31. The molecule has 0 N–H and O–H groups in total. The zero-order valence-electron chi connectivity index (χ0n) is 11.2. The van der Waals surface area contributed by atoms with Gasteiger partial charge in [0.2, 0.25) is 0 Å². The van der Waals surface area contributed by atoms with Crippen LogP contribution in [-0.2, 0) is 16.0 Å². The maximum absolute atomic E-state index is 11.3. The van der Waals surface area contributed by atoms with E-state index in [1.54, 1.807) is 32.0 Å². The van der Waals surface area contributed by atoms with E-state index in [1.165, 1.54) is 0 Å². The Hall–Kier alpha value is -1.91. The summed E-state index contributed by atoms with van der Waals surface area (Å²) in [5.41, 5.74) is 0.936. The van der Waals surface area contributed by atoms with E-state index in [0.29, 0.717) is 11.1 Å². The molecule has 0 atom stereocenters. The van der Waals surface area contributed by atoms with E-state index in [-0.39, 0.29) is 18.7 Å². The molecule has 0 amide bonds. The van der Waals surface area contributed by atoms with Crippen LogP contribution in [0.2, 0.25) is 0 Å². The number of esters is 1. The number of carbonyl (C=O) groups is 1. The molecule has 0 saturated heterocycles. The maximum Gasteiger partial charge on any atom is 0.310 e. The number of hydrogen-bond donors (Lipinski definition) is 0. The summed E-state index contributed by atoms with van der Waals surface area (Å²) in [5, 5.41) is 10.8. The molecular weight excluding hydrogens is 234 g/mol. The number of para-hydroxylation sites is 1. The summed E-state index contributed by atoms with van der Waals surface area (Å²) in [6.07, 6.45) is -0.0637. The summed E-state index contributed by atoms with van der Waals surface area (Å²) in [4.78, 5) is 21.6. The second-order valence-electron chi connectivity index (χ2n) is 3.32. The Morgan fingerprint density at radius 3 is 2.50 bits per heavy atom. The number of carbonyl (C=O) groups excluding carboxylic acids is 1. The second kappa shape index (κ2) is 8.22. The number of benzene rings is 1. The summed E-state index contributed by atoms with van der Waals surface area (Å²) < 4.78 is 4.76. The zero-order chi connectivity index (χ0) is 14.1. The Labute approximate surface area is 107 Å². The van der Waals surface area contributed by atoms with Crippen LogP contribution in [0.4, 0.5) is 5.69 Å². The Kier molecular flexibility index (Phi) is 7.35. The number of rotatable bonds is 4. The van der Waals surface area contributed by atoms with Crippen LogP contribution in [0.3, 0.4) is 0 Å². The van der Waals surface area contributed by atoms with Gasteiger partial charge in [-0.3, -0.25) is 14.9 Å². The summed E-state index contributed by atoms with van der Waals surface area (Å²) in [7, 11) is 0. The minimum atomic E-state index is -0.468. The highest BCUT2D eigenvalue weighted by Gasteiger charge is 2.19. The van der Waals surface area contributed by atoms with E-state index in [2.05, 4.69) is 0 Å². The predicted molar refractivity (Wildman–Crippen MR) is 69.5 cm³/mol. The van der Waals surface area contributed by atoms with Gasteiger partial charge in [-0.2, -0.15) is 0 Å². The molecule has 0 radical (unpaired) electrons. The van der Waals surface area contributed by atoms with Crippen molar-refractivity contribution in [3.63, 3.8) is 0 Å². The summed E-state index contributed by atoms with van der Waals surface area (Å²) in [5.74, 6) is -0.448. The largest absolute Gasteiger partial charge is 0.466 e. The molecule has 5 heteroatoms. The van der Waals surface area contributed by atoms with Crippen molar-refractivity contribution < 1.29 is 14.5 Å². The predicted octanol–water partition coefficient (Wildman–Crippen LogP) is 3.04. The Balaban J connectivity index is 0.00000137. The minimum absolute atomic E-state index is 0.00412. The van der Waals surface area contributed by atoms with Crippen LogP contribution < -0.4 is 0 Å². The summed E-state index contributed by atoms with van der Waals surface area (Å²) in [6, 6.07) is 4.91. The number of hydrogen-bond acceptors (Lipinski definition) is 4. The number of ether oxygens (including phenoxy) is 1. The van der Waals surface area contributed by atoms with Gasteiger partial charge >= 0.3 is 5.97 Å². The molecule has 0 bridgehead atoms. The monoisotopic (exact) mass is 253 g/mol. The van der Waals surface area contributed by atoms with Crippen molar-refractivity contribution in [1.82, 2.24) is 0 Å². The number of aryl methyl sites for hydroxylation is 1. The lowest BCUT2D eigenvalue weighted by molar-refractivity contribution is -0.386. The third-order valence-electron chi connectivity index (χ3n) is 2.14. The normalized spacial score (nSPS) is 9.11. The molecule has 100 valence electrons. The first kappa shape index (κ1) is 16.1. The fourth-order valence-corrected chi connectivity index (χ4v) is 1.49. The first-order chi connectivity index (χ1) is 8.56. The Morgan fingerprint density at radius 1 is 1.39 bits per heavy atom. The molecule has 0 aliphatic rings. The molecule has 0 spiro atoms. The van der Waals surface area contributed by atoms with Crippen molar-refractivity contribution in [3.8, 4) is 0 Å². The highest BCUT2D eigenvalue weighted by atomic mass is 16.6. The molecule has 1 aromatic rings. The minimum Gasteiger partial charge on any atom is -0.466 e. The van der Waals surface area contributed by atoms with E-state index in [1.807, 2.05) is 13.8 Å². The van der Waals surface area contributed by atoms with Gasteiger partial charge in [-0.15, -0.1) is 0 Å². The van der Waals surface area contributed by atoms with E-state index in [0.717, 1.165) is 0 Å². The number of nitro benzene ring substituents is 1. The number of nitro groups is 1. The van der Waals surface area contributed by atoms with Crippen molar-refractivity contribution in [2.75, 3.05) is 6.61 Å². The van der Waals surface area contributed by atoms with Crippen LogP contribution >= 0.6 is 0 Å². The van der Waals surface area contributed by atoms with Gasteiger partial charge in [-0.05, 0) is 13.8 Å². The van der Waals surface area contributed by atoms with E-state index in [9.17, 15) is 14.9 Å². The molecule has 1 rings (SSSR count). The summed E-state index contributed by atoms with van der Waals surface area (Å²) >= 11 is 0. The molecule has 0 aromatic heterocycles. The maximum atomic E-state index is 11.3. The van der Waals surface area contributed by atoms with Crippen molar-refractivity contribution in [2.24, 2.45) is 0 Å². The molecule has 0 heterocycles. The lowest BCUT2D eigenvalue weighted by Gasteiger charge is -2.04. The third kappa shape index (κ3) is 4.53.